The predicted octanol–water partition coefficient (Wildman–Crippen LogP) is 2.01. The Morgan fingerprint density at radius 1 is 1.36 bits per heavy atom. The fourth-order valence-corrected chi connectivity index (χ4v) is 0.988. The molecular weight excluding hydrogens is 178 g/mol. The maximum Gasteiger partial charge on any atom is 0.228 e. The van der Waals surface area contributed by atoms with Gasteiger partial charge in [0.2, 0.25) is 5.91 Å². The predicted molar refractivity (Wildman–Crippen MR) is 55.3 cm³/mol. The summed E-state index contributed by atoms with van der Waals surface area (Å²) in [6.45, 7) is 3.46. The molecule has 3 heteroatoms. The molecule has 0 heterocycles. The number of carbonyl (C=O) groups excluding carboxylic acids is 2. The molecule has 1 aromatic rings. The van der Waals surface area contributed by atoms with Crippen molar-refractivity contribution in [1.82, 2.24) is 0 Å². The van der Waals surface area contributed by atoms with E-state index in [4.69, 9.17) is 0 Å². The summed E-state index contributed by atoms with van der Waals surface area (Å²) in [6, 6.07) is 6.67. The Hall–Kier alpha value is -1.90. The van der Waals surface area contributed by atoms with E-state index < -0.39 is 0 Å². The monoisotopic (exact) mass is 189 g/mol. The lowest BCUT2D eigenvalue weighted by atomic mass is 10.2. The normalized spacial score (nSPS) is 9.14. The van der Waals surface area contributed by atoms with Gasteiger partial charge < -0.3 is 5.32 Å². The lowest BCUT2D eigenvalue weighted by Gasteiger charge is -2.02. The van der Waals surface area contributed by atoms with Gasteiger partial charge in [-0.15, -0.1) is 6.58 Å². The maximum absolute atomic E-state index is 11.1. The minimum atomic E-state index is -0.112. The van der Waals surface area contributed by atoms with Crippen LogP contribution in [0.25, 0.3) is 0 Å². The second-order valence-corrected chi connectivity index (χ2v) is 2.78. The van der Waals surface area contributed by atoms with Crippen molar-refractivity contribution >= 4 is 17.9 Å². The topological polar surface area (TPSA) is 46.2 Å². The molecule has 1 amide bonds. The molecule has 72 valence electrons. The second kappa shape index (κ2) is 4.97. The zero-order valence-corrected chi connectivity index (χ0v) is 7.69. The first-order chi connectivity index (χ1) is 6.76. The molecule has 0 unspecified atom stereocenters. The molecule has 3 nitrogen and oxygen atoms in total. The summed E-state index contributed by atoms with van der Waals surface area (Å²) >= 11 is 0. The first-order valence-electron chi connectivity index (χ1n) is 4.22. The highest BCUT2D eigenvalue weighted by molar-refractivity contribution is 5.91. The number of hydrogen-bond acceptors (Lipinski definition) is 2. The fraction of sp³-hybridized carbons (Fsp3) is 0.0909. The van der Waals surface area contributed by atoms with E-state index in [1.165, 1.54) is 6.08 Å². The van der Waals surface area contributed by atoms with Crippen molar-refractivity contribution in [3.05, 3.63) is 42.5 Å². The molecule has 0 saturated heterocycles. The van der Waals surface area contributed by atoms with Crippen LogP contribution in [0.5, 0.6) is 0 Å². The van der Waals surface area contributed by atoms with Crippen LogP contribution in [0.2, 0.25) is 0 Å². The van der Waals surface area contributed by atoms with Gasteiger partial charge in [-0.2, -0.15) is 0 Å². The Morgan fingerprint density at radius 3 is 2.50 bits per heavy atom. The van der Waals surface area contributed by atoms with E-state index >= 15 is 0 Å². The zero-order chi connectivity index (χ0) is 10.4. The van der Waals surface area contributed by atoms with Gasteiger partial charge in [-0.05, 0) is 24.3 Å². The van der Waals surface area contributed by atoms with Crippen LogP contribution in [0.3, 0.4) is 0 Å². The first kappa shape index (κ1) is 10.2. The van der Waals surface area contributed by atoms with Crippen LogP contribution in [0.15, 0.2) is 36.9 Å². The number of benzene rings is 1. The van der Waals surface area contributed by atoms with E-state index in [0.717, 1.165) is 6.29 Å². The minimum Gasteiger partial charge on any atom is -0.326 e. The average molecular weight is 189 g/mol. The SMILES string of the molecule is C=CCC(=O)Nc1ccc(C=O)cc1. The van der Waals surface area contributed by atoms with Crippen molar-refractivity contribution < 1.29 is 9.59 Å². The summed E-state index contributed by atoms with van der Waals surface area (Å²) in [5.74, 6) is -0.112. The Balaban J connectivity index is 2.63. The van der Waals surface area contributed by atoms with Gasteiger partial charge in [0.1, 0.15) is 6.29 Å². The zero-order valence-electron chi connectivity index (χ0n) is 7.69. The Morgan fingerprint density at radius 2 is 2.00 bits per heavy atom. The molecule has 0 aliphatic rings. The van der Waals surface area contributed by atoms with Crippen LogP contribution in [-0.4, -0.2) is 12.2 Å². The third kappa shape index (κ3) is 2.86. The summed E-state index contributed by atoms with van der Waals surface area (Å²) in [7, 11) is 0. The number of amides is 1. The first-order valence-corrected chi connectivity index (χ1v) is 4.22. The molecule has 0 saturated carbocycles. The third-order valence-electron chi connectivity index (χ3n) is 1.66. The number of nitrogens with one attached hydrogen (secondary N) is 1. The Kier molecular flexibility index (Phi) is 3.61. The summed E-state index contributed by atoms with van der Waals surface area (Å²) in [6.07, 6.45) is 2.58. The lowest BCUT2D eigenvalue weighted by molar-refractivity contribution is -0.115. The lowest BCUT2D eigenvalue weighted by Crippen LogP contribution is -2.09. The van der Waals surface area contributed by atoms with Crippen molar-refractivity contribution in [3.8, 4) is 0 Å². The Bertz CT molecular complexity index is 341. The van der Waals surface area contributed by atoms with Crippen molar-refractivity contribution in [2.45, 2.75) is 6.42 Å². The standard InChI is InChI=1S/C11H11NO2/c1-2-3-11(14)12-10-6-4-9(8-13)5-7-10/h2,4-8H,1,3H2,(H,12,14). The number of anilines is 1. The van der Waals surface area contributed by atoms with Gasteiger partial charge in [-0.1, -0.05) is 6.08 Å². The van der Waals surface area contributed by atoms with Gasteiger partial charge in [0.15, 0.2) is 0 Å². The molecular formula is C11H11NO2. The van der Waals surface area contributed by atoms with E-state index in [9.17, 15) is 9.59 Å². The van der Waals surface area contributed by atoms with Crippen molar-refractivity contribution in [2.75, 3.05) is 5.32 Å². The van der Waals surface area contributed by atoms with Crippen LogP contribution in [-0.2, 0) is 4.79 Å². The largest absolute Gasteiger partial charge is 0.326 e. The van der Waals surface area contributed by atoms with E-state index in [1.54, 1.807) is 24.3 Å². The third-order valence-corrected chi connectivity index (χ3v) is 1.66. The van der Waals surface area contributed by atoms with E-state index in [0.29, 0.717) is 11.3 Å². The van der Waals surface area contributed by atoms with Gasteiger partial charge in [-0.25, -0.2) is 0 Å². The average Bonchev–Trinajstić information content (AvgIpc) is 2.19. The maximum atomic E-state index is 11.1. The van der Waals surface area contributed by atoms with Crippen molar-refractivity contribution in [2.24, 2.45) is 0 Å². The molecule has 0 bridgehead atoms. The van der Waals surface area contributed by atoms with Gasteiger partial charge in [0.05, 0.1) is 0 Å². The molecule has 14 heavy (non-hydrogen) atoms. The molecule has 0 aliphatic carbocycles. The Labute approximate surface area is 82.4 Å². The summed E-state index contributed by atoms with van der Waals surface area (Å²) in [5, 5.41) is 2.67. The van der Waals surface area contributed by atoms with Gasteiger partial charge in [0, 0.05) is 17.7 Å². The second-order valence-electron chi connectivity index (χ2n) is 2.78. The summed E-state index contributed by atoms with van der Waals surface area (Å²) < 4.78 is 0. The number of carbonyl (C=O) groups is 2. The van der Waals surface area contributed by atoms with Gasteiger partial charge in [0.25, 0.3) is 0 Å². The van der Waals surface area contributed by atoms with Crippen LogP contribution in [0, 0.1) is 0 Å². The summed E-state index contributed by atoms with van der Waals surface area (Å²) in [5.41, 5.74) is 1.27. The molecule has 0 aromatic heterocycles. The van der Waals surface area contributed by atoms with Crippen LogP contribution in [0.4, 0.5) is 5.69 Å². The van der Waals surface area contributed by atoms with Crippen molar-refractivity contribution in [1.29, 1.82) is 0 Å². The molecule has 0 spiro atoms. The molecule has 0 aliphatic heterocycles. The number of aldehydes is 1. The smallest absolute Gasteiger partial charge is 0.228 e. The van der Waals surface area contributed by atoms with Gasteiger partial charge in [-0.3, -0.25) is 9.59 Å². The van der Waals surface area contributed by atoms with E-state index in [1.807, 2.05) is 0 Å². The molecule has 1 N–H and O–H groups in total. The fourth-order valence-electron chi connectivity index (χ4n) is 0.988. The highest BCUT2D eigenvalue weighted by Gasteiger charge is 1.98. The van der Waals surface area contributed by atoms with Crippen molar-refractivity contribution in [3.63, 3.8) is 0 Å². The minimum absolute atomic E-state index is 0.112. The van der Waals surface area contributed by atoms with Crippen LogP contribution < -0.4 is 5.32 Å². The quantitative estimate of drug-likeness (QED) is 0.581. The number of hydrogen-bond donors (Lipinski definition) is 1. The highest BCUT2D eigenvalue weighted by atomic mass is 16.1. The molecule has 0 fully saturated rings. The molecule has 1 aromatic carbocycles. The summed E-state index contributed by atoms with van der Waals surface area (Å²) in [4.78, 5) is 21.5. The van der Waals surface area contributed by atoms with Gasteiger partial charge >= 0.3 is 0 Å². The van der Waals surface area contributed by atoms with Crippen LogP contribution in [0.1, 0.15) is 16.8 Å². The molecule has 0 radical (unpaired) electrons. The highest BCUT2D eigenvalue weighted by Crippen LogP contribution is 2.08. The molecule has 0 atom stereocenters. The van der Waals surface area contributed by atoms with E-state index in [-0.39, 0.29) is 12.3 Å². The van der Waals surface area contributed by atoms with Crippen LogP contribution >= 0.6 is 0 Å². The number of rotatable bonds is 4. The van der Waals surface area contributed by atoms with E-state index in [2.05, 4.69) is 11.9 Å². The molecule has 1 rings (SSSR count).